The second-order valence-electron chi connectivity index (χ2n) is 4.35. The van der Waals surface area contributed by atoms with Gasteiger partial charge in [0.2, 0.25) is 0 Å². The number of hydrogen-bond donors (Lipinski definition) is 1. The maximum atomic E-state index is 11.1. The number of hydrogen-bond acceptors (Lipinski definition) is 6. The first kappa shape index (κ1) is 14.0. The van der Waals surface area contributed by atoms with Gasteiger partial charge in [-0.25, -0.2) is 9.78 Å². The van der Waals surface area contributed by atoms with Crippen LogP contribution in [0.15, 0.2) is 29.8 Å². The number of aromatic carboxylic acids is 1. The molecular weight excluding hydrogens is 310 g/mol. The molecule has 22 heavy (non-hydrogen) atoms. The number of aromatic nitrogens is 2. The SMILES string of the molecule is COc1ccc(-c2csc3nc(C(=O)O)cn23)cc1[N+](=O)[O-]. The Labute approximate surface area is 127 Å². The van der Waals surface area contributed by atoms with E-state index in [1.165, 1.54) is 36.8 Å². The van der Waals surface area contributed by atoms with E-state index in [2.05, 4.69) is 4.98 Å². The Morgan fingerprint density at radius 1 is 1.50 bits per heavy atom. The van der Waals surface area contributed by atoms with Gasteiger partial charge in [0.05, 0.1) is 17.7 Å². The Bertz CT molecular complexity index is 898. The van der Waals surface area contributed by atoms with Gasteiger partial charge in [-0.15, -0.1) is 11.3 Å². The summed E-state index contributed by atoms with van der Waals surface area (Å²) in [6.45, 7) is 0. The molecule has 0 aliphatic carbocycles. The van der Waals surface area contributed by atoms with Crippen molar-refractivity contribution in [3.05, 3.63) is 45.6 Å². The molecule has 3 rings (SSSR count). The molecule has 1 aromatic carbocycles. The standard InChI is InChI=1S/C13H9N3O5S/c1-21-11-3-2-7(4-9(11)16(19)20)10-6-22-13-14-8(12(17)18)5-15(10)13/h2-6H,1H3,(H,17,18). The van der Waals surface area contributed by atoms with Crippen LogP contribution in [0.25, 0.3) is 16.2 Å². The van der Waals surface area contributed by atoms with Crippen LogP contribution in [0.3, 0.4) is 0 Å². The van der Waals surface area contributed by atoms with Gasteiger partial charge in [0.1, 0.15) is 0 Å². The van der Waals surface area contributed by atoms with E-state index in [0.29, 0.717) is 16.2 Å². The molecular formula is C13H9N3O5S. The van der Waals surface area contributed by atoms with Crippen LogP contribution in [0.1, 0.15) is 10.5 Å². The average molecular weight is 319 g/mol. The maximum absolute atomic E-state index is 11.1. The highest BCUT2D eigenvalue weighted by Gasteiger charge is 2.19. The lowest BCUT2D eigenvalue weighted by molar-refractivity contribution is -0.385. The van der Waals surface area contributed by atoms with Gasteiger partial charge in [-0.05, 0) is 12.1 Å². The number of thiazole rings is 1. The van der Waals surface area contributed by atoms with Crippen molar-refractivity contribution >= 4 is 28.0 Å². The summed E-state index contributed by atoms with van der Waals surface area (Å²) in [4.78, 5) is 26.0. The second kappa shape index (κ2) is 5.11. The van der Waals surface area contributed by atoms with E-state index in [1.54, 1.807) is 15.8 Å². The number of benzene rings is 1. The fourth-order valence-electron chi connectivity index (χ4n) is 2.09. The fourth-order valence-corrected chi connectivity index (χ4v) is 2.97. The Morgan fingerprint density at radius 2 is 2.27 bits per heavy atom. The van der Waals surface area contributed by atoms with Crippen LogP contribution in [0.2, 0.25) is 0 Å². The fraction of sp³-hybridized carbons (Fsp3) is 0.0769. The molecule has 0 radical (unpaired) electrons. The monoisotopic (exact) mass is 319 g/mol. The first-order valence-corrected chi connectivity index (χ1v) is 6.92. The lowest BCUT2D eigenvalue weighted by Crippen LogP contribution is -1.96. The molecule has 0 fully saturated rings. The predicted molar refractivity (Wildman–Crippen MR) is 78.7 cm³/mol. The number of methoxy groups -OCH3 is 1. The van der Waals surface area contributed by atoms with Gasteiger partial charge in [0.25, 0.3) is 0 Å². The summed E-state index contributed by atoms with van der Waals surface area (Å²) in [7, 11) is 1.36. The molecule has 0 saturated carbocycles. The molecule has 9 heteroatoms. The maximum Gasteiger partial charge on any atom is 0.356 e. The highest BCUT2D eigenvalue weighted by atomic mass is 32.1. The van der Waals surface area contributed by atoms with Gasteiger partial charge in [0, 0.05) is 23.2 Å². The molecule has 1 N–H and O–H groups in total. The van der Waals surface area contributed by atoms with Crippen LogP contribution in [-0.2, 0) is 0 Å². The van der Waals surface area contributed by atoms with Crippen molar-refractivity contribution in [2.75, 3.05) is 7.11 Å². The number of carboxylic acids is 1. The highest BCUT2D eigenvalue weighted by molar-refractivity contribution is 7.15. The van der Waals surface area contributed by atoms with E-state index in [4.69, 9.17) is 9.84 Å². The van der Waals surface area contributed by atoms with Gasteiger partial charge >= 0.3 is 11.7 Å². The molecule has 0 amide bonds. The van der Waals surface area contributed by atoms with E-state index < -0.39 is 10.9 Å². The van der Waals surface area contributed by atoms with Crippen LogP contribution in [0.4, 0.5) is 5.69 Å². The lowest BCUT2D eigenvalue weighted by Gasteiger charge is -2.04. The number of fused-ring (bicyclic) bond motifs is 1. The summed E-state index contributed by atoms with van der Waals surface area (Å²) < 4.78 is 6.56. The van der Waals surface area contributed by atoms with Crippen molar-refractivity contribution in [1.29, 1.82) is 0 Å². The molecule has 0 atom stereocenters. The molecule has 112 valence electrons. The van der Waals surface area contributed by atoms with Crippen molar-refractivity contribution < 1.29 is 19.6 Å². The van der Waals surface area contributed by atoms with Gasteiger partial charge in [-0.1, -0.05) is 0 Å². The number of imidazole rings is 1. The number of rotatable bonds is 4. The van der Waals surface area contributed by atoms with E-state index in [-0.39, 0.29) is 17.1 Å². The number of ether oxygens (including phenoxy) is 1. The summed E-state index contributed by atoms with van der Waals surface area (Å²) in [5, 5.41) is 21.8. The third kappa shape index (κ3) is 2.17. The number of nitro benzene ring substituents is 1. The van der Waals surface area contributed by atoms with Crippen molar-refractivity contribution in [3.63, 3.8) is 0 Å². The van der Waals surface area contributed by atoms with Gasteiger partial charge in [0.15, 0.2) is 16.4 Å². The number of nitrogens with zero attached hydrogens (tertiary/aromatic N) is 3. The molecule has 0 bridgehead atoms. The molecule has 2 aromatic heterocycles. The zero-order valence-corrected chi connectivity index (χ0v) is 12.0. The predicted octanol–water partition coefficient (Wildman–Crippen LogP) is 2.68. The lowest BCUT2D eigenvalue weighted by atomic mass is 10.1. The molecule has 2 heterocycles. The largest absolute Gasteiger partial charge is 0.490 e. The third-order valence-electron chi connectivity index (χ3n) is 3.10. The highest BCUT2D eigenvalue weighted by Crippen LogP contribution is 2.34. The normalized spacial score (nSPS) is 10.8. The summed E-state index contributed by atoms with van der Waals surface area (Å²) in [5.74, 6) is -0.959. The van der Waals surface area contributed by atoms with Crippen molar-refractivity contribution in [1.82, 2.24) is 9.38 Å². The zero-order valence-electron chi connectivity index (χ0n) is 11.2. The number of carbonyl (C=O) groups is 1. The Kier molecular flexibility index (Phi) is 3.26. The smallest absolute Gasteiger partial charge is 0.356 e. The Hall–Kier alpha value is -2.94. The van der Waals surface area contributed by atoms with Crippen LogP contribution in [-0.4, -0.2) is 32.5 Å². The van der Waals surface area contributed by atoms with Gasteiger partial charge in [-0.2, -0.15) is 0 Å². The molecule has 0 spiro atoms. The molecule has 0 aliphatic rings. The Balaban J connectivity index is 2.16. The quantitative estimate of drug-likeness (QED) is 0.585. The van der Waals surface area contributed by atoms with Crippen molar-refractivity contribution in [2.24, 2.45) is 0 Å². The first-order chi connectivity index (χ1) is 10.5. The Morgan fingerprint density at radius 3 is 2.91 bits per heavy atom. The minimum atomic E-state index is -1.12. The number of carboxylic acid groups (broad SMARTS) is 1. The van der Waals surface area contributed by atoms with Crippen molar-refractivity contribution in [3.8, 4) is 17.0 Å². The summed E-state index contributed by atoms with van der Waals surface area (Å²) in [6, 6.07) is 4.57. The average Bonchev–Trinajstić information content (AvgIpc) is 3.06. The second-order valence-corrected chi connectivity index (χ2v) is 5.19. The summed E-state index contributed by atoms with van der Waals surface area (Å²) >= 11 is 1.26. The van der Waals surface area contributed by atoms with E-state index in [1.807, 2.05) is 0 Å². The third-order valence-corrected chi connectivity index (χ3v) is 3.94. The van der Waals surface area contributed by atoms with Crippen LogP contribution in [0.5, 0.6) is 5.75 Å². The first-order valence-electron chi connectivity index (χ1n) is 6.04. The van der Waals surface area contributed by atoms with E-state index >= 15 is 0 Å². The zero-order chi connectivity index (χ0) is 15.9. The van der Waals surface area contributed by atoms with Crippen LogP contribution >= 0.6 is 11.3 Å². The van der Waals surface area contributed by atoms with Crippen LogP contribution < -0.4 is 4.74 Å². The molecule has 0 unspecified atom stereocenters. The summed E-state index contributed by atoms with van der Waals surface area (Å²) in [5.41, 5.74) is 0.980. The minimum absolute atomic E-state index is 0.0730. The van der Waals surface area contributed by atoms with E-state index in [9.17, 15) is 14.9 Å². The molecule has 8 nitrogen and oxygen atoms in total. The van der Waals surface area contributed by atoms with Gasteiger partial charge < -0.3 is 9.84 Å². The number of nitro groups is 1. The topological polar surface area (TPSA) is 107 Å². The summed E-state index contributed by atoms with van der Waals surface area (Å²) in [6.07, 6.45) is 1.39. The molecule has 0 aliphatic heterocycles. The van der Waals surface area contributed by atoms with Crippen LogP contribution in [0, 0.1) is 10.1 Å². The van der Waals surface area contributed by atoms with E-state index in [0.717, 1.165) is 0 Å². The molecule has 0 saturated heterocycles. The molecule has 3 aromatic rings. The van der Waals surface area contributed by atoms with Crippen molar-refractivity contribution in [2.45, 2.75) is 0 Å². The van der Waals surface area contributed by atoms with Gasteiger partial charge in [-0.3, -0.25) is 14.5 Å². The minimum Gasteiger partial charge on any atom is -0.490 e.